The van der Waals surface area contributed by atoms with Crippen molar-refractivity contribution in [3.63, 3.8) is 0 Å². The fraction of sp³-hybridized carbons (Fsp3) is 0.400. The van der Waals surface area contributed by atoms with E-state index in [0.717, 1.165) is 0 Å². The standard InChI is InChI=1S/C5H8N4OS/c1-9-5(7-3-8-9)11-2-4(6)10/h3H,2H2,1H3,(H2,6,10). The third kappa shape index (κ3) is 2.23. The van der Waals surface area contributed by atoms with Gasteiger partial charge in [-0.1, -0.05) is 11.8 Å². The van der Waals surface area contributed by atoms with Gasteiger partial charge < -0.3 is 5.73 Å². The van der Waals surface area contributed by atoms with Gasteiger partial charge in [0.05, 0.1) is 5.75 Å². The molecule has 2 N–H and O–H groups in total. The molecule has 0 aliphatic carbocycles. The fourth-order valence-corrected chi connectivity index (χ4v) is 1.18. The predicted octanol–water partition coefficient (Wildman–Crippen LogP) is -0.607. The summed E-state index contributed by atoms with van der Waals surface area (Å²) in [6.45, 7) is 0. The van der Waals surface area contributed by atoms with Crippen LogP contribution in [0.5, 0.6) is 0 Å². The second-order valence-electron chi connectivity index (χ2n) is 1.92. The lowest BCUT2D eigenvalue weighted by Crippen LogP contribution is -2.13. The first-order chi connectivity index (χ1) is 5.20. The molecule has 60 valence electrons. The first-order valence-corrected chi connectivity index (χ1v) is 3.94. The number of nitrogens with zero attached hydrogens (tertiary/aromatic N) is 3. The minimum atomic E-state index is -0.349. The highest BCUT2D eigenvalue weighted by Gasteiger charge is 2.02. The molecule has 5 nitrogen and oxygen atoms in total. The zero-order chi connectivity index (χ0) is 8.27. The Balaban J connectivity index is 2.51. The molecule has 0 spiro atoms. The number of hydrogen-bond acceptors (Lipinski definition) is 4. The third-order valence-corrected chi connectivity index (χ3v) is 2.07. The topological polar surface area (TPSA) is 73.8 Å². The monoisotopic (exact) mass is 172 g/mol. The van der Waals surface area contributed by atoms with Crippen LogP contribution in [0, 0.1) is 0 Å². The minimum Gasteiger partial charge on any atom is -0.369 e. The molecule has 1 amide bonds. The molecule has 0 saturated heterocycles. The van der Waals surface area contributed by atoms with E-state index in [1.54, 1.807) is 11.7 Å². The first-order valence-electron chi connectivity index (χ1n) is 2.95. The summed E-state index contributed by atoms with van der Waals surface area (Å²) in [5, 5.41) is 4.53. The van der Waals surface area contributed by atoms with Crippen LogP contribution in [-0.4, -0.2) is 26.4 Å². The zero-order valence-electron chi connectivity index (χ0n) is 6.02. The van der Waals surface area contributed by atoms with Crippen LogP contribution >= 0.6 is 11.8 Å². The first kappa shape index (κ1) is 8.06. The molecular formula is C5H8N4OS. The van der Waals surface area contributed by atoms with Crippen molar-refractivity contribution < 1.29 is 4.79 Å². The van der Waals surface area contributed by atoms with Crippen LogP contribution in [0.15, 0.2) is 11.5 Å². The quantitative estimate of drug-likeness (QED) is 0.617. The van der Waals surface area contributed by atoms with Gasteiger partial charge in [0.1, 0.15) is 6.33 Å². The molecule has 1 rings (SSSR count). The number of thioether (sulfide) groups is 1. The van der Waals surface area contributed by atoms with E-state index < -0.39 is 0 Å². The van der Waals surface area contributed by atoms with Gasteiger partial charge >= 0.3 is 0 Å². The number of amides is 1. The van der Waals surface area contributed by atoms with Crippen molar-refractivity contribution in [1.29, 1.82) is 0 Å². The molecule has 0 unspecified atom stereocenters. The van der Waals surface area contributed by atoms with Crippen LogP contribution < -0.4 is 5.73 Å². The predicted molar refractivity (Wildman–Crippen MR) is 40.9 cm³/mol. The van der Waals surface area contributed by atoms with Gasteiger partial charge in [-0.2, -0.15) is 5.10 Å². The van der Waals surface area contributed by atoms with Crippen LogP contribution in [0.3, 0.4) is 0 Å². The lowest BCUT2D eigenvalue weighted by atomic mass is 10.8. The Labute approximate surface area is 68.0 Å². The van der Waals surface area contributed by atoms with E-state index in [1.165, 1.54) is 18.1 Å². The molecule has 0 aliphatic heterocycles. The highest BCUT2D eigenvalue weighted by atomic mass is 32.2. The van der Waals surface area contributed by atoms with Crippen molar-refractivity contribution in [1.82, 2.24) is 14.8 Å². The second kappa shape index (κ2) is 3.38. The molecule has 0 bridgehead atoms. The van der Waals surface area contributed by atoms with Gasteiger partial charge in [-0.05, 0) is 0 Å². The van der Waals surface area contributed by atoms with Crippen molar-refractivity contribution in [3.8, 4) is 0 Å². The van der Waals surface area contributed by atoms with Gasteiger partial charge in [0, 0.05) is 7.05 Å². The second-order valence-corrected chi connectivity index (χ2v) is 2.86. The molecule has 0 fully saturated rings. The van der Waals surface area contributed by atoms with Crippen molar-refractivity contribution in [2.75, 3.05) is 5.75 Å². The summed E-state index contributed by atoms with van der Waals surface area (Å²) >= 11 is 1.28. The molecular weight excluding hydrogens is 164 g/mol. The van der Waals surface area contributed by atoms with E-state index >= 15 is 0 Å². The number of nitrogens with two attached hydrogens (primary N) is 1. The lowest BCUT2D eigenvalue weighted by Gasteiger charge is -1.95. The Bertz CT molecular complexity index is 259. The number of carbonyl (C=O) groups excluding carboxylic acids is 1. The summed E-state index contributed by atoms with van der Waals surface area (Å²) in [5.74, 6) is -0.106. The number of aryl methyl sites for hydroxylation is 1. The van der Waals surface area contributed by atoms with E-state index in [9.17, 15) is 4.79 Å². The summed E-state index contributed by atoms with van der Waals surface area (Å²) in [4.78, 5) is 14.2. The summed E-state index contributed by atoms with van der Waals surface area (Å²) in [5.41, 5.74) is 4.94. The van der Waals surface area contributed by atoms with E-state index in [0.29, 0.717) is 5.16 Å². The number of primary amides is 1. The Morgan fingerprint density at radius 1 is 1.91 bits per heavy atom. The minimum absolute atomic E-state index is 0.243. The van der Waals surface area contributed by atoms with Crippen LogP contribution in [0.4, 0.5) is 0 Å². The molecule has 0 radical (unpaired) electrons. The van der Waals surface area contributed by atoms with Gasteiger partial charge in [0.15, 0.2) is 5.16 Å². The number of hydrogen-bond donors (Lipinski definition) is 1. The fourth-order valence-electron chi connectivity index (χ4n) is 0.552. The largest absolute Gasteiger partial charge is 0.369 e. The average molecular weight is 172 g/mol. The van der Waals surface area contributed by atoms with Crippen molar-refractivity contribution in [3.05, 3.63) is 6.33 Å². The van der Waals surface area contributed by atoms with Gasteiger partial charge in [0.2, 0.25) is 5.91 Å². The van der Waals surface area contributed by atoms with Gasteiger partial charge in [-0.15, -0.1) is 0 Å². The summed E-state index contributed by atoms with van der Waals surface area (Å²) < 4.78 is 1.59. The Morgan fingerprint density at radius 2 is 2.64 bits per heavy atom. The average Bonchev–Trinajstić information content (AvgIpc) is 2.31. The molecule has 11 heavy (non-hydrogen) atoms. The van der Waals surface area contributed by atoms with Crippen LogP contribution in [-0.2, 0) is 11.8 Å². The number of rotatable bonds is 3. The Kier molecular flexibility index (Phi) is 2.48. The van der Waals surface area contributed by atoms with Crippen molar-refractivity contribution in [2.24, 2.45) is 12.8 Å². The maximum absolute atomic E-state index is 10.3. The molecule has 0 aliphatic rings. The SMILES string of the molecule is Cn1ncnc1SCC(N)=O. The lowest BCUT2D eigenvalue weighted by molar-refractivity contribution is -0.115. The smallest absolute Gasteiger partial charge is 0.227 e. The molecule has 0 saturated carbocycles. The highest BCUT2D eigenvalue weighted by molar-refractivity contribution is 7.99. The summed E-state index contributed by atoms with van der Waals surface area (Å²) in [6, 6.07) is 0. The van der Waals surface area contributed by atoms with Crippen LogP contribution in [0.1, 0.15) is 0 Å². The maximum Gasteiger partial charge on any atom is 0.227 e. The van der Waals surface area contributed by atoms with Crippen LogP contribution in [0.25, 0.3) is 0 Å². The van der Waals surface area contributed by atoms with E-state index in [2.05, 4.69) is 10.1 Å². The van der Waals surface area contributed by atoms with Crippen LogP contribution in [0.2, 0.25) is 0 Å². The zero-order valence-corrected chi connectivity index (χ0v) is 6.84. The molecule has 1 aromatic heterocycles. The van der Waals surface area contributed by atoms with Gasteiger partial charge in [-0.25, -0.2) is 9.67 Å². The normalized spacial score (nSPS) is 9.91. The maximum atomic E-state index is 10.3. The number of aromatic nitrogens is 3. The van der Waals surface area contributed by atoms with E-state index in [-0.39, 0.29) is 11.7 Å². The van der Waals surface area contributed by atoms with E-state index in [4.69, 9.17) is 5.73 Å². The Hall–Kier alpha value is -1.04. The van der Waals surface area contributed by atoms with Crippen molar-refractivity contribution >= 4 is 17.7 Å². The summed E-state index contributed by atoms with van der Waals surface area (Å²) in [6.07, 6.45) is 1.43. The highest BCUT2D eigenvalue weighted by Crippen LogP contribution is 2.11. The third-order valence-electron chi connectivity index (χ3n) is 1.01. The number of carbonyl (C=O) groups is 1. The van der Waals surface area contributed by atoms with Gasteiger partial charge in [0.25, 0.3) is 0 Å². The van der Waals surface area contributed by atoms with E-state index in [1.807, 2.05) is 0 Å². The molecule has 0 atom stereocenters. The molecule has 1 heterocycles. The molecule has 0 aromatic carbocycles. The van der Waals surface area contributed by atoms with Crippen molar-refractivity contribution in [2.45, 2.75) is 5.16 Å². The van der Waals surface area contributed by atoms with Gasteiger partial charge in [-0.3, -0.25) is 4.79 Å². The molecule has 1 aromatic rings. The summed E-state index contributed by atoms with van der Waals surface area (Å²) in [7, 11) is 1.76. The molecule has 6 heteroatoms. The Morgan fingerprint density at radius 3 is 3.09 bits per heavy atom.